The summed E-state index contributed by atoms with van der Waals surface area (Å²) < 4.78 is 2.09. The second-order valence-electron chi connectivity index (χ2n) is 4.76. The first-order valence-electron chi connectivity index (χ1n) is 6.59. The van der Waals surface area contributed by atoms with Crippen LogP contribution in [0.4, 0.5) is 5.95 Å². The molecule has 1 heterocycles. The summed E-state index contributed by atoms with van der Waals surface area (Å²) in [5, 5.41) is 3.38. The number of rotatable bonds is 4. The minimum atomic E-state index is 0.806. The van der Waals surface area contributed by atoms with E-state index in [2.05, 4.69) is 52.1 Å². The Bertz CT molecular complexity index is 716. The van der Waals surface area contributed by atoms with Crippen molar-refractivity contribution in [3.63, 3.8) is 0 Å². The summed E-state index contributed by atoms with van der Waals surface area (Å²) in [4.78, 5) is 5.86. The van der Waals surface area contributed by atoms with Gasteiger partial charge in [-0.05, 0) is 31.2 Å². The number of nitrogens with one attached hydrogen (secondary N) is 1. The van der Waals surface area contributed by atoms with Gasteiger partial charge in [0.15, 0.2) is 0 Å². The van der Waals surface area contributed by atoms with Crippen LogP contribution in [0.3, 0.4) is 0 Å². The van der Waals surface area contributed by atoms with E-state index in [9.17, 15) is 0 Å². The molecule has 0 unspecified atom stereocenters. The standard InChI is InChI=1S/C16H17N3S/c1-12-7-9-13(10-8-12)20-11-17-16-18-14-5-3-4-6-15(14)19(16)2/h3-10H,11H2,1-2H3,(H,17,18). The second kappa shape index (κ2) is 5.59. The quantitative estimate of drug-likeness (QED) is 0.579. The average molecular weight is 283 g/mol. The summed E-state index contributed by atoms with van der Waals surface area (Å²) in [6.07, 6.45) is 0. The smallest absolute Gasteiger partial charge is 0.204 e. The molecule has 0 saturated heterocycles. The Labute approximate surface area is 123 Å². The zero-order valence-electron chi connectivity index (χ0n) is 11.6. The lowest BCUT2D eigenvalue weighted by Gasteiger charge is -2.06. The molecule has 20 heavy (non-hydrogen) atoms. The molecule has 0 fully saturated rings. The van der Waals surface area contributed by atoms with Crippen molar-refractivity contribution in [2.45, 2.75) is 11.8 Å². The normalized spacial score (nSPS) is 10.9. The maximum atomic E-state index is 4.60. The highest BCUT2D eigenvalue weighted by Crippen LogP contribution is 2.21. The molecule has 4 heteroatoms. The molecule has 0 spiro atoms. The number of anilines is 1. The topological polar surface area (TPSA) is 29.9 Å². The highest BCUT2D eigenvalue weighted by Gasteiger charge is 2.05. The van der Waals surface area contributed by atoms with Gasteiger partial charge in [0.05, 0.1) is 16.9 Å². The lowest BCUT2D eigenvalue weighted by atomic mass is 10.2. The molecule has 2 aromatic carbocycles. The first-order chi connectivity index (χ1) is 9.74. The molecule has 0 aliphatic carbocycles. The van der Waals surface area contributed by atoms with Crippen LogP contribution in [-0.2, 0) is 7.05 Å². The van der Waals surface area contributed by atoms with Gasteiger partial charge in [0, 0.05) is 11.9 Å². The van der Waals surface area contributed by atoms with Gasteiger partial charge >= 0.3 is 0 Å². The molecule has 0 saturated carbocycles. The minimum absolute atomic E-state index is 0.806. The predicted molar refractivity (Wildman–Crippen MR) is 86.2 cm³/mol. The van der Waals surface area contributed by atoms with Crippen LogP contribution in [0.1, 0.15) is 5.56 Å². The molecule has 102 valence electrons. The molecule has 3 rings (SSSR count). The number of thioether (sulfide) groups is 1. The number of para-hydroxylation sites is 2. The van der Waals surface area contributed by atoms with Crippen molar-refractivity contribution in [2.75, 3.05) is 11.2 Å². The summed E-state index contributed by atoms with van der Waals surface area (Å²) in [6, 6.07) is 16.7. The van der Waals surface area contributed by atoms with E-state index < -0.39 is 0 Å². The molecular formula is C16H17N3S. The van der Waals surface area contributed by atoms with E-state index in [0.717, 1.165) is 22.9 Å². The Kier molecular flexibility index (Phi) is 3.65. The Morgan fingerprint density at radius 1 is 1.10 bits per heavy atom. The number of fused-ring (bicyclic) bond motifs is 1. The van der Waals surface area contributed by atoms with Crippen molar-refractivity contribution in [3.8, 4) is 0 Å². The van der Waals surface area contributed by atoms with Crippen LogP contribution in [-0.4, -0.2) is 15.4 Å². The van der Waals surface area contributed by atoms with Gasteiger partial charge in [-0.25, -0.2) is 4.98 Å². The fraction of sp³-hybridized carbons (Fsp3) is 0.188. The number of aromatic nitrogens is 2. The van der Waals surface area contributed by atoms with E-state index in [4.69, 9.17) is 0 Å². The highest BCUT2D eigenvalue weighted by molar-refractivity contribution is 7.99. The van der Waals surface area contributed by atoms with Crippen LogP contribution < -0.4 is 5.32 Å². The summed E-state index contributed by atoms with van der Waals surface area (Å²) in [5.74, 6) is 1.71. The van der Waals surface area contributed by atoms with E-state index in [0.29, 0.717) is 0 Å². The molecular weight excluding hydrogens is 266 g/mol. The minimum Gasteiger partial charge on any atom is -0.346 e. The van der Waals surface area contributed by atoms with Crippen molar-refractivity contribution in [1.29, 1.82) is 0 Å². The number of aryl methyl sites for hydroxylation is 2. The van der Waals surface area contributed by atoms with Crippen LogP contribution in [0.25, 0.3) is 11.0 Å². The van der Waals surface area contributed by atoms with Gasteiger partial charge in [-0.3, -0.25) is 0 Å². The molecule has 0 aliphatic rings. The lowest BCUT2D eigenvalue weighted by molar-refractivity contribution is 0.950. The SMILES string of the molecule is Cc1ccc(SCNc2nc3ccccc3n2C)cc1. The Morgan fingerprint density at radius 3 is 2.60 bits per heavy atom. The zero-order chi connectivity index (χ0) is 13.9. The number of nitrogens with zero attached hydrogens (tertiary/aromatic N) is 2. The van der Waals surface area contributed by atoms with Crippen molar-refractivity contribution >= 4 is 28.7 Å². The Balaban J connectivity index is 1.68. The van der Waals surface area contributed by atoms with Crippen LogP contribution >= 0.6 is 11.8 Å². The maximum Gasteiger partial charge on any atom is 0.204 e. The molecule has 1 aromatic heterocycles. The molecule has 0 aliphatic heterocycles. The lowest BCUT2D eigenvalue weighted by Crippen LogP contribution is -2.03. The average Bonchev–Trinajstić information content (AvgIpc) is 2.78. The zero-order valence-corrected chi connectivity index (χ0v) is 12.4. The van der Waals surface area contributed by atoms with Crippen molar-refractivity contribution in [3.05, 3.63) is 54.1 Å². The van der Waals surface area contributed by atoms with Gasteiger partial charge in [-0.1, -0.05) is 29.8 Å². The number of hydrogen-bond donors (Lipinski definition) is 1. The summed E-state index contributed by atoms with van der Waals surface area (Å²) in [5.41, 5.74) is 3.46. The Hall–Kier alpha value is -1.94. The van der Waals surface area contributed by atoms with Crippen LogP contribution in [0.15, 0.2) is 53.4 Å². The summed E-state index contributed by atoms with van der Waals surface area (Å²) >= 11 is 1.78. The third-order valence-corrected chi connectivity index (χ3v) is 4.17. The molecule has 3 aromatic rings. The first-order valence-corrected chi connectivity index (χ1v) is 7.57. The molecule has 0 bridgehead atoms. The van der Waals surface area contributed by atoms with Gasteiger partial charge in [-0.2, -0.15) is 0 Å². The van der Waals surface area contributed by atoms with E-state index in [1.807, 2.05) is 25.2 Å². The molecule has 1 N–H and O–H groups in total. The third kappa shape index (κ3) is 2.65. The van der Waals surface area contributed by atoms with Crippen molar-refractivity contribution in [1.82, 2.24) is 9.55 Å². The van der Waals surface area contributed by atoms with Gasteiger partial charge in [0.2, 0.25) is 5.95 Å². The number of hydrogen-bond acceptors (Lipinski definition) is 3. The Morgan fingerprint density at radius 2 is 1.85 bits per heavy atom. The van der Waals surface area contributed by atoms with E-state index in [1.54, 1.807) is 11.8 Å². The van der Waals surface area contributed by atoms with E-state index in [-0.39, 0.29) is 0 Å². The monoisotopic (exact) mass is 283 g/mol. The third-order valence-electron chi connectivity index (χ3n) is 3.28. The molecule has 3 nitrogen and oxygen atoms in total. The van der Waals surface area contributed by atoms with Crippen LogP contribution in [0.5, 0.6) is 0 Å². The fourth-order valence-corrected chi connectivity index (χ4v) is 2.82. The van der Waals surface area contributed by atoms with Gasteiger partial charge in [0.1, 0.15) is 0 Å². The van der Waals surface area contributed by atoms with Gasteiger partial charge < -0.3 is 9.88 Å². The van der Waals surface area contributed by atoms with E-state index in [1.165, 1.54) is 10.5 Å². The molecule has 0 radical (unpaired) electrons. The van der Waals surface area contributed by atoms with Gasteiger partial charge in [-0.15, -0.1) is 11.8 Å². The number of imidazole rings is 1. The number of benzene rings is 2. The van der Waals surface area contributed by atoms with Crippen LogP contribution in [0.2, 0.25) is 0 Å². The van der Waals surface area contributed by atoms with E-state index >= 15 is 0 Å². The largest absolute Gasteiger partial charge is 0.346 e. The highest BCUT2D eigenvalue weighted by atomic mass is 32.2. The first kappa shape index (κ1) is 13.1. The van der Waals surface area contributed by atoms with Crippen LogP contribution in [0, 0.1) is 6.92 Å². The second-order valence-corrected chi connectivity index (χ2v) is 5.81. The van der Waals surface area contributed by atoms with Crippen molar-refractivity contribution in [2.24, 2.45) is 7.05 Å². The van der Waals surface area contributed by atoms with Gasteiger partial charge in [0.25, 0.3) is 0 Å². The summed E-state index contributed by atoms with van der Waals surface area (Å²) in [6.45, 7) is 2.10. The fourth-order valence-electron chi connectivity index (χ4n) is 2.12. The predicted octanol–water partition coefficient (Wildman–Crippen LogP) is 4.04. The molecule has 0 atom stereocenters. The summed E-state index contributed by atoms with van der Waals surface area (Å²) in [7, 11) is 2.04. The molecule has 0 amide bonds. The maximum absolute atomic E-state index is 4.60. The van der Waals surface area contributed by atoms with Crippen molar-refractivity contribution < 1.29 is 0 Å².